The predicted octanol–water partition coefficient (Wildman–Crippen LogP) is 1.06. The van der Waals surface area contributed by atoms with Crippen LogP contribution in [-0.2, 0) is 14.8 Å². The third-order valence-corrected chi connectivity index (χ3v) is 6.46. The molecule has 10 heteroatoms. The van der Waals surface area contributed by atoms with E-state index >= 15 is 0 Å². The standard InChI is InChI=1S/C17H25N3O6S/c1-12-7-9-20(10-8-12)27(25,26)14-5-3-13(4-6-14)19-16(23)18-11-17(2,24)15(21)22/h3-6,12,24H,7-11H2,1-2H3,(H,21,22)(H2,18,19,23). The number of aliphatic hydroxyl groups is 1. The minimum Gasteiger partial charge on any atom is -0.479 e. The number of urea groups is 1. The fraction of sp³-hybridized carbons (Fsp3) is 0.529. The van der Waals surface area contributed by atoms with Crippen LogP contribution in [0.3, 0.4) is 0 Å². The molecule has 0 aliphatic carbocycles. The molecule has 1 saturated heterocycles. The highest BCUT2D eigenvalue weighted by Crippen LogP contribution is 2.24. The summed E-state index contributed by atoms with van der Waals surface area (Å²) in [6.07, 6.45) is 1.67. The van der Waals surface area contributed by atoms with Gasteiger partial charge in [-0.15, -0.1) is 0 Å². The van der Waals surface area contributed by atoms with E-state index in [-0.39, 0.29) is 4.90 Å². The molecule has 1 aromatic carbocycles. The van der Waals surface area contributed by atoms with Gasteiger partial charge in [-0.3, -0.25) is 0 Å². The largest absolute Gasteiger partial charge is 0.479 e. The van der Waals surface area contributed by atoms with Gasteiger partial charge in [-0.2, -0.15) is 4.31 Å². The number of aliphatic carboxylic acids is 1. The van der Waals surface area contributed by atoms with Crippen molar-refractivity contribution in [2.45, 2.75) is 37.2 Å². The van der Waals surface area contributed by atoms with Crippen molar-refractivity contribution < 1.29 is 28.2 Å². The number of carboxylic acids is 1. The summed E-state index contributed by atoms with van der Waals surface area (Å²) in [6.45, 7) is 3.68. The monoisotopic (exact) mass is 399 g/mol. The highest BCUT2D eigenvalue weighted by atomic mass is 32.2. The van der Waals surface area contributed by atoms with Crippen LogP contribution in [-0.4, -0.2) is 60.2 Å². The molecule has 1 aromatic rings. The van der Waals surface area contributed by atoms with Crippen LogP contribution >= 0.6 is 0 Å². The third kappa shape index (κ3) is 5.41. The van der Waals surface area contributed by atoms with E-state index < -0.39 is 34.2 Å². The van der Waals surface area contributed by atoms with Gasteiger partial charge in [0.1, 0.15) is 0 Å². The number of nitrogens with one attached hydrogen (secondary N) is 2. The van der Waals surface area contributed by atoms with Crippen molar-refractivity contribution in [2.75, 3.05) is 25.0 Å². The molecule has 1 atom stereocenters. The Morgan fingerprint density at radius 3 is 2.30 bits per heavy atom. The molecule has 1 aliphatic heterocycles. The van der Waals surface area contributed by atoms with Crippen LogP contribution in [0, 0.1) is 5.92 Å². The van der Waals surface area contributed by atoms with E-state index in [4.69, 9.17) is 5.11 Å². The average molecular weight is 399 g/mol. The Morgan fingerprint density at radius 2 is 1.78 bits per heavy atom. The van der Waals surface area contributed by atoms with Crippen LogP contribution in [0.1, 0.15) is 26.7 Å². The number of hydrogen-bond donors (Lipinski definition) is 4. The van der Waals surface area contributed by atoms with Gasteiger partial charge in [0.15, 0.2) is 5.60 Å². The smallest absolute Gasteiger partial charge is 0.337 e. The molecule has 2 rings (SSSR count). The van der Waals surface area contributed by atoms with Gasteiger partial charge in [0.25, 0.3) is 0 Å². The number of carboxylic acid groups (broad SMARTS) is 1. The molecule has 0 bridgehead atoms. The molecule has 150 valence electrons. The van der Waals surface area contributed by atoms with Gasteiger partial charge in [-0.1, -0.05) is 6.92 Å². The maximum absolute atomic E-state index is 12.6. The molecule has 1 aliphatic rings. The van der Waals surface area contributed by atoms with Gasteiger partial charge < -0.3 is 20.8 Å². The molecule has 1 unspecified atom stereocenters. The summed E-state index contributed by atoms with van der Waals surface area (Å²) in [5, 5.41) is 23.1. The van der Waals surface area contributed by atoms with Crippen LogP contribution in [0.5, 0.6) is 0 Å². The molecule has 0 saturated carbocycles. The molecule has 2 amide bonds. The topological polar surface area (TPSA) is 136 Å². The zero-order valence-electron chi connectivity index (χ0n) is 15.3. The van der Waals surface area contributed by atoms with E-state index in [1.807, 2.05) is 0 Å². The number of piperidine rings is 1. The second kappa shape index (κ2) is 8.24. The van der Waals surface area contributed by atoms with Gasteiger partial charge in [0.05, 0.1) is 11.4 Å². The van der Waals surface area contributed by atoms with Crippen molar-refractivity contribution in [3.63, 3.8) is 0 Å². The first kappa shape index (κ1) is 21.1. The molecule has 9 nitrogen and oxygen atoms in total. The highest BCUT2D eigenvalue weighted by Gasteiger charge is 2.30. The minimum absolute atomic E-state index is 0.150. The Labute approximate surface area is 158 Å². The fourth-order valence-corrected chi connectivity index (χ4v) is 4.06. The number of carbonyl (C=O) groups is 2. The molecular weight excluding hydrogens is 374 g/mol. The van der Waals surface area contributed by atoms with Crippen molar-refractivity contribution in [1.29, 1.82) is 0 Å². The number of anilines is 1. The molecular formula is C17H25N3O6S. The Bertz CT molecular complexity index is 783. The first-order valence-corrected chi connectivity index (χ1v) is 10.1. The van der Waals surface area contributed by atoms with Crippen LogP contribution in [0.2, 0.25) is 0 Å². The lowest BCUT2D eigenvalue weighted by molar-refractivity contribution is -0.155. The Hall–Kier alpha value is -2.17. The lowest BCUT2D eigenvalue weighted by atomic mass is 10.0. The zero-order valence-corrected chi connectivity index (χ0v) is 16.1. The van der Waals surface area contributed by atoms with E-state index in [1.54, 1.807) is 0 Å². The number of carbonyl (C=O) groups excluding carboxylic acids is 1. The second-order valence-corrected chi connectivity index (χ2v) is 8.94. The van der Waals surface area contributed by atoms with E-state index in [9.17, 15) is 23.1 Å². The number of sulfonamides is 1. The van der Waals surface area contributed by atoms with Crippen molar-refractivity contribution in [2.24, 2.45) is 5.92 Å². The minimum atomic E-state index is -3.56. The summed E-state index contributed by atoms with van der Waals surface area (Å²) in [4.78, 5) is 22.7. The van der Waals surface area contributed by atoms with Crippen LogP contribution in [0.4, 0.5) is 10.5 Å². The molecule has 4 N–H and O–H groups in total. The molecule has 0 spiro atoms. The van der Waals surface area contributed by atoms with Crippen molar-refractivity contribution in [3.8, 4) is 0 Å². The zero-order chi connectivity index (χ0) is 20.2. The molecule has 1 heterocycles. The van der Waals surface area contributed by atoms with E-state index in [0.29, 0.717) is 24.7 Å². The van der Waals surface area contributed by atoms with Crippen molar-refractivity contribution >= 4 is 27.7 Å². The van der Waals surface area contributed by atoms with E-state index in [0.717, 1.165) is 19.8 Å². The summed E-state index contributed by atoms with van der Waals surface area (Å²) in [6, 6.07) is 5.02. The number of hydrogen-bond acceptors (Lipinski definition) is 5. The first-order chi connectivity index (χ1) is 12.5. The number of benzene rings is 1. The van der Waals surface area contributed by atoms with Gasteiger partial charge >= 0.3 is 12.0 Å². The summed E-state index contributed by atoms with van der Waals surface area (Å²) in [7, 11) is -3.56. The average Bonchev–Trinajstić information content (AvgIpc) is 2.61. The highest BCUT2D eigenvalue weighted by molar-refractivity contribution is 7.89. The van der Waals surface area contributed by atoms with Crippen LogP contribution < -0.4 is 10.6 Å². The molecule has 0 radical (unpaired) electrons. The Balaban J connectivity index is 1.96. The van der Waals surface area contributed by atoms with E-state index in [2.05, 4.69) is 17.6 Å². The van der Waals surface area contributed by atoms with Gasteiger partial charge in [0.2, 0.25) is 10.0 Å². The van der Waals surface area contributed by atoms with Gasteiger partial charge in [-0.05, 0) is 49.9 Å². The fourth-order valence-electron chi connectivity index (χ4n) is 2.59. The maximum Gasteiger partial charge on any atom is 0.337 e. The summed E-state index contributed by atoms with van der Waals surface area (Å²) < 4.78 is 26.8. The predicted molar refractivity (Wildman–Crippen MR) is 98.9 cm³/mol. The lowest BCUT2D eigenvalue weighted by Gasteiger charge is -2.29. The Morgan fingerprint density at radius 1 is 1.22 bits per heavy atom. The Kier molecular flexibility index (Phi) is 6.45. The van der Waals surface area contributed by atoms with Crippen molar-refractivity contribution in [1.82, 2.24) is 9.62 Å². The van der Waals surface area contributed by atoms with Crippen molar-refractivity contribution in [3.05, 3.63) is 24.3 Å². The quantitative estimate of drug-likeness (QED) is 0.565. The summed E-state index contributed by atoms with van der Waals surface area (Å²) >= 11 is 0. The number of nitrogens with zero attached hydrogens (tertiary/aromatic N) is 1. The van der Waals surface area contributed by atoms with Crippen LogP contribution in [0.15, 0.2) is 29.2 Å². The SMILES string of the molecule is CC1CCN(S(=O)(=O)c2ccc(NC(=O)NCC(C)(O)C(=O)O)cc2)CC1. The third-order valence-electron chi connectivity index (χ3n) is 4.55. The summed E-state index contributed by atoms with van der Waals surface area (Å²) in [5.74, 6) is -0.937. The maximum atomic E-state index is 12.6. The first-order valence-electron chi connectivity index (χ1n) is 8.63. The van der Waals surface area contributed by atoms with Crippen LogP contribution in [0.25, 0.3) is 0 Å². The normalized spacial score (nSPS) is 18.5. The molecule has 1 fully saturated rings. The van der Waals surface area contributed by atoms with Gasteiger partial charge in [-0.25, -0.2) is 18.0 Å². The number of amides is 2. The molecule has 27 heavy (non-hydrogen) atoms. The number of rotatable bonds is 6. The molecule has 0 aromatic heterocycles. The second-order valence-electron chi connectivity index (χ2n) is 7.00. The lowest BCUT2D eigenvalue weighted by Crippen LogP contribution is -2.47. The van der Waals surface area contributed by atoms with Gasteiger partial charge in [0, 0.05) is 18.8 Å². The summed E-state index contributed by atoms with van der Waals surface area (Å²) in [5.41, 5.74) is -1.74. The van der Waals surface area contributed by atoms with E-state index in [1.165, 1.54) is 28.6 Å².